The average molecular weight is 462 g/mol. The number of rotatable bonds is 12. The van der Waals surface area contributed by atoms with Crippen LogP contribution in [-0.2, 0) is 4.74 Å². The summed E-state index contributed by atoms with van der Waals surface area (Å²) in [5.41, 5.74) is 0.579. The average Bonchev–Trinajstić information content (AvgIpc) is 2.82. The number of urea groups is 1. The van der Waals surface area contributed by atoms with Crippen LogP contribution in [0.15, 0.2) is 42.5 Å². The second-order valence-corrected chi connectivity index (χ2v) is 7.42. The van der Waals surface area contributed by atoms with E-state index in [4.69, 9.17) is 18.9 Å². The molecular weight excluding hydrogens is 430 g/mol. The Morgan fingerprint density at radius 2 is 2.00 bits per heavy atom. The predicted molar refractivity (Wildman–Crippen MR) is 122 cm³/mol. The molecule has 1 aliphatic rings. The zero-order chi connectivity index (χ0) is 23.5. The van der Waals surface area contributed by atoms with Crippen molar-refractivity contribution < 1.29 is 34.0 Å². The summed E-state index contributed by atoms with van der Waals surface area (Å²) in [4.78, 5) is 11.8. The number of carbonyl (C=O) groups excluding carboxylic acids is 1. The molecule has 0 spiro atoms. The van der Waals surface area contributed by atoms with E-state index in [1.54, 1.807) is 30.3 Å². The van der Waals surface area contributed by atoms with Crippen LogP contribution in [0.1, 0.15) is 6.92 Å². The first-order valence-corrected chi connectivity index (χ1v) is 10.9. The van der Waals surface area contributed by atoms with E-state index in [2.05, 4.69) is 16.0 Å². The van der Waals surface area contributed by atoms with E-state index in [0.717, 1.165) is 0 Å². The molecule has 33 heavy (non-hydrogen) atoms. The topological polar surface area (TPSA) is 131 Å². The molecule has 0 aliphatic carbocycles. The number of fused-ring (bicyclic) bond motifs is 1. The molecule has 10 heteroatoms. The molecule has 0 saturated carbocycles. The Kier molecular flexibility index (Phi) is 9.43. The number of ether oxygens (including phenoxy) is 4. The molecule has 0 radical (unpaired) electrons. The second-order valence-electron chi connectivity index (χ2n) is 7.42. The van der Waals surface area contributed by atoms with Crippen molar-refractivity contribution in [3.63, 3.8) is 0 Å². The van der Waals surface area contributed by atoms with Crippen molar-refractivity contribution in [3.05, 3.63) is 42.5 Å². The highest BCUT2D eigenvalue weighted by molar-refractivity contribution is 5.89. The molecule has 3 rings (SSSR count). The van der Waals surface area contributed by atoms with Gasteiger partial charge in [-0.3, -0.25) is 0 Å². The molecule has 0 bridgehead atoms. The van der Waals surface area contributed by atoms with Crippen molar-refractivity contribution in [3.8, 4) is 23.0 Å². The van der Waals surface area contributed by atoms with Gasteiger partial charge in [0.15, 0.2) is 17.6 Å². The Hall–Kier alpha value is -3.21. The Balaban J connectivity index is 1.29. The van der Waals surface area contributed by atoms with Gasteiger partial charge in [0.25, 0.3) is 0 Å². The van der Waals surface area contributed by atoms with Crippen LogP contribution in [0, 0.1) is 0 Å². The van der Waals surface area contributed by atoms with Crippen LogP contribution in [0.3, 0.4) is 0 Å². The molecule has 180 valence electrons. The number of nitrogens with one attached hydrogen (secondary N) is 3. The molecule has 2 amide bonds. The monoisotopic (exact) mass is 461 g/mol. The summed E-state index contributed by atoms with van der Waals surface area (Å²) >= 11 is 0. The normalized spacial score (nSPS) is 15.5. The third-order valence-corrected chi connectivity index (χ3v) is 4.68. The molecule has 0 aromatic heterocycles. The van der Waals surface area contributed by atoms with Gasteiger partial charge in [0.05, 0.1) is 6.61 Å². The van der Waals surface area contributed by atoms with Crippen molar-refractivity contribution in [1.82, 2.24) is 10.6 Å². The predicted octanol–water partition coefficient (Wildman–Crippen LogP) is 1.72. The lowest BCUT2D eigenvalue weighted by molar-refractivity contribution is 0.0124. The number of phenolic OH excluding ortho intramolecular Hbond substituents is 1. The van der Waals surface area contributed by atoms with Gasteiger partial charge < -0.3 is 45.1 Å². The van der Waals surface area contributed by atoms with E-state index in [0.29, 0.717) is 62.4 Å². The molecule has 2 atom stereocenters. The van der Waals surface area contributed by atoms with Gasteiger partial charge in [-0.25, -0.2) is 4.79 Å². The Bertz CT molecular complexity index is 879. The lowest BCUT2D eigenvalue weighted by Crippen LogP contribution is -2.38. The van der Waals surface area contributed by atoms with Crippen molar-refractivity contribution in [2.24, 2.45) is 0 Å². The smallest absolute Gasteiger partial charge is 0.319 e. The lowest BCUT2D eigenvalue weighted by atomic mass is 10.2. The van der Waals surface area contributed by atoms with Gasteiger partial charge >= 0.3 is 6.03 Å². The van der Waals surface area contributed by atoms with Gasteiger partial charge in [0.1, 0.15) is 30.8 Å². The number of aromatic hydroxyl groups is 1. The van der Waals surface area contributed by atoms with Crippen LogP contribution >= 0.6 is 0 Å². The number of benzene rings is 2. The van der Waals surface area contributed by atoms with E-state index >= 15 is 0 Å². The first-order valence-electron chi connectivity index (χ1n) is 10.9. The highest BCUT2D eigenvalue weighted by Crippen LogP contribution is 2.35. The third-order valence-electron chi connectivity index (χ3n) is 4.68. The summed E-state index contributed by atoms with van der Waals surface area (Å²) in [6, 6.07) is 11.1. The lowest BCUT2D eigenvalue weighted by Gasteiger charge is -2.26. The van der Waals surface area contributed by atoms with Crippen LogP contribution in [0.25, 0.3) is 0 Å². The molecule has 2 aromatic carbocycles. The van der Waals surface area contributed by atoms with Crippen LogP contribution in [0.2, 0.25) is 0 Å². The van der Waals surface area contributed by atoms with Crippen molar-refractivity contribution in [2.45, 2.75) is 19.1 Å². The fraction of sp³-hybridized carbons (Fsp3) is 0.435. The fourth-order valence-corrected chi connectivity index (χ4v) is 3.02. The van der Waals surface area contributed by atoms with Crippen LogP contribution in [-0.4, -0.2) is 74.5 Å². The standard InChI is InChI=1S/C23H31N3O7/c1-2-30-14-20-15-32-21-8-7-19(11-22(21)33-20)31-13-18(28)12-24-9-10-25-23(29)26-16-3-5-17(27)6-4-16/h3-8,11,18,20,24,27-28H,2,9-10,12-15H2,1H3,(H2,25,26,29). The van der Waals surface area contributed by atoms with E-state index in [-0.39, 0.29) is 24.5 Å². The number of carbonyl (C=O) groups is 1. The van der Waals surface area contributed by atoms with Crippen molar-refractivity contribution >= 4 is 11.7 Å². The van der Waals surface area contributed by atoms with Gasteiger partial charge in [0.2, 0.25) is 0 Å². The quantitative estimate of drug-likeness (QED) is 0.239. The number of anilines is 1. The Morgan fingerprint density at radius 1 is 1.18 bits per heavy atom. The highest BCUT2D eigenvalue weighted by atomic mass is 16.6. The molecule has 10 nitrogen and oxygen atoms in total. The first kappa shape index (κ1) is 24.4. The summed E-state index contributed by atoms with van der Waals surface area (Å²) in [7, 11) is 0. The van der Waals surface area contributed by atoms with Crippen molar-refractivity contribution in [2.75, 3.05) is 51.4 Å². The van der Waals surface area contributed by atoms with Gasteiger partial charge in [0, 0.05) is 38.0 Å². The third kappa shape index (κ3) is 8.33. The minimum atomic E-state index is -0.727. The number of hydrogen-bond acceptors (Lipinski definition) is 8. The number of amides is 2. The number of aliphatic hydroxyl groups is 1. The summed E-state index contributed by atoms with van der Waals surface area (Å²) in [6.45, 7) is 4.70. The van der Waals surface area contributed by atoms with Crippen LogP contribution < -0.4 is 30.2 Å². The first-order chi connectivity index (χ1) is 16.0. The van der Waals surface area contributed by atoms with E-state index in [1.807, 2.05) is 6.92 Å². The Morgan fingerprint density at radius 3 is 2.79 bits per heavy atom. The molecule has 5 N–H and O–H groups in total. The SMILES string of the molecule is CCOCC1COc2ccc(OCC(O)CNCCNC(=O)Nc3ccc(O)cc3)cc2O1. The molecule has 0 saturated heterocycles. The minimum Gasteiger partial charge on any atom is -0.508 e. The summed E-state index contributed by atoms with van der Waals surface area (Å²) < 4.78 is 22.6. The maximum absolute atomic E-state index is 11.8. The van der Waals surface area contributed by atoms with Crippen LogP contribution in [0.5, 0.6) is 23.0 Å². The maximum atomic E-state index is 11.8. The second kappa shape index (κ2) is 12.7. The number of aliphatic hydroxyl groups excluding tert-OH is 1. The zero-order valence-corrected chi connectivity index (χ0v) is 18.6. The van der Waals surface area contributed by atoms with Crippen LogP contribution in [0.4, 0.5) is 10.5 Å². The van der Waals surface area contributed by atoms with E-state index in [9.17, 15) is 15.0 Å². The molecular formula is C23H31N3O7. The number of hydrogen-bond donors (Lipinski definition) is 5. The zero-order valence-electron chi connectivity index (χ0n) is 18.6. The van der Waals surface area contributed by atoms with Gasteiger partial charge in [-0.15, -0.1) is 0 Å². The molecule has 1 aliphatic heterocycles. The molecule has 2 aromatic rings. The van der Waals surface area contributed by atoms with E-state index < -0.39 is 6.10 Å². The summed E-state index contributed by atoms with van der Waals surface area (Å²) in [5, 5.41) is 27.8. The largest absolute Gasteiger partial charge is 0.508 e. The molecule has 0 fully saturated rings. The van der Waals surface area contributed by atoms with Crippen molar-refractivity contribution in [1.29, 1.82) is 0 Å². The fourth-order valence-electron chi connectivity index (χ4n) is 3.02. The maximum Gasteiger partial charge on any atom is 0.319 e. The highest BCUT2D eigenvalue weighted by Gasteiger charge is 2.21. The number of phenols is 1. The van der Waals surface area contributed by atoms with Gasteiger partial charge in [-0.05, 0) is 43.3 Å². The Labute approximate surface area is 192 Å². The minimum absolute atomic E-state index is 0.101. The van der Waals surface area contributed by atoms with Gasteiger partial charge in [-0.2, -0.15) is 0 Å². The molecule has 1 heterocycles. The summed E-state index contributed by atoms with van der Waals surface area (Å²) in [6.07, 6.45) is -0.894. The molecule has 2 unspecified atom stereocenters. The summed E-state index contributed by atoms with van der Waals surface area (Å²) in [5.74, 6) is 1.95. The van der Waals surface area contributed by atoms with Gasteiger partial charge in [-0.1, -0.05) is 0 Å². The van der Waals surface area contributed by atoms with E-state index in [1.165, 1.54) is 12.1 Å².